The molecular weight excluding hydrogens is 339 g/mol. The van der Waals surface area contributed by atoms with Crippen LogP contribution in [0.2, 0.25) is 0 Å². The Bertz CT molecular complexity index is 692. The van der Waals surface area contributed by atoms with Crippen LogP contribution >= 0.6 is 0 Å². The minimum atomic E-state index is 0. The molecule has 0 atom stereocenters. The van der Waals surface area contributed by atoms with Crippen LogP contribution in [0.1, 0.15) is 24.5 Å². The van der Waals surface area contributed by atoms with E-state index >= 15 is 0 Å². The van der Waals surface area contributed by atoms with E-state index in [9.17, 15) is 0 Å². The number of benzene rings is 2. The molecule has 0 unspecified atom stereocenters. The molecule has 0 radical (unpaired) electrons. The Kier molecular flexibility index (Phi) is 7.19. The standard InChI is InChI=1S/C17H15O.2ClH.Ti/c1-12-5-4-8-14(12)16-10-9-13-6-2-3-7-15(13)17(16)11-18;;;/h2-7,9-10H,8,11H2,1H3;2*1H;/q-1;;;+3/p-2. The third-order valence-electron chi connectivity index (χ3n) is 3.75. The fourth-order valence-electron chi connectivity index (χ4n) is 2.78. The van der Waals surface area contributed by atoms with E-state index in [1.54, 1.807) is 20.8 Å². The molecule has 3 rings (SSSR count). The molecule has 0 N–H and O–H groups in total. The molecule has 21 heavy (non-hydrogen) atoms. The fourth-order valence-corrected chi connectivity index (χ4v) is 3.01. The van der Waals surface area contributed by atoms with E-state index in [-0.39, 0.29) is 24.8 Å². The molecule has 0 heterocycles. The summed E-state index contributed by atoms with van der Waals surface area (Å²) in [5.41, 5.74) is 5.44. The predicted molar refractivity (Wildman–Crippen MR) is 75.1 cm³/mol. The molecule has 2 aromatic rings. The van der Waals surface area contributed by atoms with Crippen molar-refractivity contribution in [3.05, 3.63) is 65.3 Å². The zero-order valence-electron chi connectivity index (χ0n) is 11.7. The molecule has 0 bridgehead atoms. The first-order valence-electron chi connectivity index (χ1n) is 6.47. The van der Waals surface area contributed by atoms with Crippen molar-refractivity contribution < 1.29 is 49.0 Å². The third kappa shape index (κ3) is 3.61. The summed E-state index contributed by atoms with van der Waals surface area (Å²) in [6.45, 7) is 2.85. The SMILES string of the molecule is CC1=C(c2ccc3ccccc3c2C[O][Ti+2])CC=C1.[Cl-].[Cl-]. The van der Waals surface area contributed by atoms with Gasteiger partial charge in [0.1, 0.15) is 0 Å². The van der Waals surface area contributed by atoms with Crippen molar-refractivity contribution in [3.63, 3.8) is 0 Å². The molecule has 0 saturated heterocycles. The van der Waals surface area contributed by atoms with Gasteiger partial charge in [-0.05, 0) is 0 Å². The number of fused-ring (bicyclic) bond motifs is 1. The predicted octanol–water partition coefficient (Wildman–Crippen LogP) is -1.44. The van der Waals surface area contributed by atoms with Crippen LogP contribution in [0.4, 0.5) is 0 Å². The van der Waals surface area contributed by atoms with Gasteiger partial charge in [0.15, 0.2) is 0 Å². The number of hydrogen-bond donors (Lipinski definition) is 0. The normalized spacial score (nSPS) is 13.3. The zero-order valence-corrected chi connectivity index (χ0v) is 14.8. The van der Waals surface area contributed by atoms with Gasteiger partial charge in [0.2, 0.25) is 0 Å². The summed E-state index contributed by atoms with van der Waals surface area (Å²) >= 11 is 1.76. The Morgan fingerprint density at radius 3 is 2.52 bits per heavy atom. The molecule has 0 amide bonds. The van der Waals surface area contributed by atoms with E-state index in [0.717, 1.165) is 6.42 Å². The summed E-state index contributed by atoms with van der Waals surface area (Å²) in [6, 6.07) is 13.0. The Morgan fingerprint density at radius 1 is 1.10 bits per heavy atom. The molecule has 0 fully saturated rings. The van der Waals surface area contributed by atoms with Crippen LogP contribution in [-0.4, -0.2) is 0 Å². The summed E-state index contributed by atoms with van der Waals surface area (Å²) in [4.78, 5) is 0. The average molecular weight is 354 g/mol. The smallest absolute Gasteiger partial charge is 1.00 e. The molecule has 0 spiro atoms. The molecular formula is C17H15Cl2OTi. The van der Waals surface area contributed by atoms with Crippen LogP contribution in [0.3, 0.4) is 0 Å². The van der Waals surface area contributed by atoms with Crippen molar-refractivity contribution in [2.24, 2.45) is 0 Å². The first-order chi connectivity index (χ1) is 9.31. The van der Waals surface area contributed by atoms with Crippen molar-refractivity contribution in [2.45, 2.75) is 20.0 Å². The van der Waals surface area contributed by atoms with Gasteiger partial charge in [-0.2, -0.15) is 0 Å². The quantitative estimate of drug-likeness (QED) is 0.614. The molecule has 1 aliphatic rings. The Morgan fingerprint density at radius 2 is 1.86 bits per heavy atom. The molecule has 107 valence electrons. The van der Waals surface area contributed by atoms with Gasteiger partial charge in [-0.3, -0.25) is 0 Å². The molecule has 1 aliphatic carbocycles. The van der Waals surface area contributed by atoms with Gasteiger partial charge in [0, 0.05) is 0 Å². The Hall–Kier alpha value is -0.566. The first-order valence-corrected chi connectivity index (χ1v) is 7.11. The fraction of sp³-hybridized carbons (Fsp3) is 0.176. The second-order valence-corrected chi connectivity index (χ2v) is 5.32. The van der Waals surface area contributed by atoms with Crippen LogP contribution in [0.15, 0.2) is 54.1 Å². The molecule has 0 aromatic heterocycles. The molecule has 2 aromatic carbocycles. The minimum absolute atomic E-state index is 0. The number of halogens is 2. The van der Waals surface area contributed by atoms with E-state index in [4.69, 9.17) is 3.32 Å². The second-order valence-electron chi connectivity index (χ2n) is 4.87. The minimum Gasteiger partial charge on any atom is -1.00 e. The van der Waals surface area contributed by atoms with Crippen LogP contribution in [0.5, 0.6) is 0 Å². The topological polar surface area (TPSA) is 9.23 Å². The van der Waals surface area contributed by atoms with Crippen molar-refractivity contribution in [2.75, 3.05) is 0 Å². The average Bonchev–Trinajstić information content (AvgIpc) is 2.86. The van der Waals surface area contributed by atoms with Crippen LogP contribution < -0.4 is 24.8 Å². The van der Waals surface area contributed by atoms with Gasteiger partial charge in [-0.25, -0.2) is 0 Å². The van der Waals surface area contributed by atoms with Gasteiger partial charge >= 0.3 is 126 Å². The Labute approximate surface area is 150 Å². The maximum absolute atomic E-state index is 5.43. The van der Waals surface area contributed by atoms with Gasteiger partial charge in [0.25, 0.3) is 0 Å². The van der Waals surface area contributed by atoms with E-state index in [0.29, 0.717) is 6.61 Å². The third-order valence-corrected chi connectivity index (χ3v) is 3.97. The molecule has 1 nitrogen and oxygen atoms in total. The van der Waals surface area contributed by atoms with Crippen LogP contribution in [0, 0.1) is 0 Å². The molecule has 0 aliphatic heterocycles. The monoisotopic (exact) mass is 353 g/mol. The molecule has 4 heteroatoms. The van der Waals surface area contributed by atoms with Crippen molar-refractivity contribution in [1.29, 1.82) is 0 Å². The summed E-state index contributed by atoms with van der Waals surface area (Å²) in [7, 11) is 0. The maximum atomic E-state index is 5.43. The van der Waals surface area contributed by atoms with Crippen LogP contribution in [-0.2, 0) is 30.7 Å². The van der Waals surface area contributed by atoms with Crippen molar-refractivity contribution in [3.8, 4) is 0 Å². The van der Waals surface area contributed by atoms with E-state index in [2.05, 4.69) is 55.5 Å². The van der Waals surface area contributed by atoms with E-state index in [1.807, 2.05) is 0 Å². The summed E-state index contributed by atoms with van der Waals surface area (Å²) in [5, 5.41) is 2.58. The van der Waals surface area contributed by atoms with E-state index in [1.165, 1.54) is 33.0 Å². The maximum Gasteiger partial charge on any atom is -1.00 e. The van der Waals surface area contributed by atoms with E-state index < -0.39 is 0 Å². The van der Waals surface area contributed by atoms with Gasteiger partial charge in [0.05, 0.1) is 0 Å². The zero-order chi connectivity index (χ0) is 13.2. The van der Waals surface area contributed by atoms with Crippen LogP contribution in [0.25, 0.3) is 16.3 Å². The molecule has 0 saturated carbocycles. The van der Waals surface area contributed by atoms with Gasteiger partial charge in [-0.1, -0.05) is 0 Å². The summed E-state index contributed by atoms with van der Waals surface area (Å²) in [6.07, 6.45) is 5.47. The second kappa shape index (κ2) is 8.17. The first kappa shape index (κ1) is 18.5. The summed E-state index contributed by atoms with van der Waals surface area (Å²) in [5.74, 6) is 0. The number of hydrogen-bond acceptors (Lipinski definition) is 1. The summed E-state index contributed by atoms with van der Waals surface area (Å²) < 4.78 is 5.43. The number of rotatable bonds is 3. The van der Waals surface area contributed by atoms with Gasteiger partial charge < -0.3 is 24.8 Å². The van der Waals surface area contributed by atoms with Crippen molar-refractivity contribution >= 4 is 16.3 Å². The number of allylic oxidation sites excluding steroid dienone is 4. The van der Waals surface area contributed by atoms with Crippen molar-refractivity contribution in [1.82, 2.24) is 0 Å². The Balaban J connectivity index is 0.00000110. The largest absolute Gasteiger partial charge is 1.00 e. The van der Waals surface area contributed by atoms with Gasteiger partial charge in [-0.15, -0.1) is 0 Å².